The summed E-state index contributed by atoms with van der Waals surface area (Å²) < 4.78 is 5.30. The predicted molar refractivity (Wildman–Crippen MR) is 74.0 cm³/mol. The lowest BCUT2D eigenvalue weighted by Crippen LogP contribution is -2.00. The molecule has 2 aromatic carbocycles. The topological polar surface area (TPSA) is 56.2 Å². The highest BCUT2D eigenvalue weighted by atomic mass is 35.5. The summed E-state index contributed by atoms with van der Waals surface area (Å²) in [6, 6.07) is 10.8. The lowest BCUT2D eigenvalue weighted by Gasteiger charge is -2.08. The summed E-state index contributed by atoms with van der Waals surface area (Å²) in [4.78, 5) is 11.5. The van der Waals surface area contributed by atoms with Crippen LogP contribution < -0.4 is 11.4 Å². The smallest absolute Gasteiger partial charge is 0.336 e. The molecule has 0 aliphatic rings. The number of rotatable bonds is 1. The molecule has 0 atom stereocenters. The highest BCUT2D eigenvalue weighted by molar-refractivity contribution is 6.19. The maximum absolute atomic E-state index is 11.5. The third-order valence-electron chi connectivity index (χ3n) is 3.01. The third-order valence-corrected chi connectivity index (χ3v) is 3.30. The first-order valence-electron chi connectivity index (χ1n) is 5.50. The molecule has 18 heavy (non-hydrogen) atoms. The average Bonchev–Trinajstić information content (AvgIpc) is 2.39. The number of hydrogen-bond donors (Lipinski definition) is 1. The van der Waals surface area contributed by atoms with E-state index in [0.717, 1.165) is 21.7 Å². The molecule has 1 heterocycles. The first-order chi connectivity index (χ1) is 8.70. The second-order valence-corrected chi connectivity index (χ2v) is 4.38. The van der Waals surface area contributed by atoms with Crippen LogP contribution in [0.1, 0.15) is 5.56 Å². The molecular formula is C14H10ClNO2. The zero-order valence-electron chi connectivity index (χ0n) is 9.44. The Morgan fingerprint density at radius 1 is 1.11 bits per heavy atom. The van der Waals surface area contributed by atoms with Crippen LogP contribution in [0, 0.1) is 0 Å². The Labute approximate surface area is 108 Å². The molecule has 3 rings (SSSR count). The van der Waals surface area contributed by atoms with Crippen molar-refractivity contribution >= 4 is 39.0 Å². The number of alkyl halides is 1. The molecule has 2 N–H and O–H groups in total. The van der Waals surface area contributed by atoms with Gasteiger partial charge in [-0.25, -0.2) is 4.79 Å². The summed E-state index contributed by atoms with van der Waals surface area (Å²) >= 11 is 5.86. The Morgan fingerprint density at radius 3 is 2.56 bits per heavy atom. The monoisotopic (exact) mass is 259 g/mol. The Kier molecular flexibility index (Phi) is 2.49. The van der Waals surface area contributed by atoms with Gasteiger partial charge in [-0.05, 0) is 11.6 Å². The molecule has 0 aliphatic heterocycles. The highest BCUT2D eigenvalue weighted by Crippen LogP contribution is 2.31. The lowest BCUT2D eigenvalue weighted by atomic mass is 10.0. The first-order valence-corrected chi connectivity index (χ1v) is 6.04. The minimum Gasteiger partial charge on any atom is -0.422 e. The van der Waals surface area contributed by atoms with Crippen LogP contribution in [0.15, 0.2) is 45.6 Å². The fourth-order valence-corrected chi connectivity index (χ4v) is 2.41. The van der Waals surface area contributed by atoms with Crippen LogP contribution in [-0.2, 0) is 5.88 Å². The van der Waals surface area contributed by atoms with Gasteiger partial charge in [0.2, 0.25) is 0 Å². The Hall–Kier alpha value is -2.00. The van der Waals surface area contributed by atoms with Gasteiger partial charge in [0, 0.05) is 33.8 Å². The third kappa shape index (κ3) is 1.56. The van der Waals surface area contributed by atoms with Gasteiger partial charge in [0.1, 0.15) is 5.58 Å². The average molecular weight is 260 g/mol. The molecule has 1 aromatic heterocycles. The van der Waals surface area contributed by atoms with E-state index in [2.05, 4.69) is 0 Å². The van der Waals surface area contributed by atoms with Gasteiger partial charge in [-0.2, -0.15) is 0 Å². The summed E-state index contributed by atoms with van der Waals surface area (Å²) in [6.45, 7) is 0. The number of nitrogens with two attached hydrogens (primary N) is 1. The fraction of sp³-hybridized carbons (Fsp3) is 0.0714. The molecule has 0 spiro atoms. The number of benzene rings is 2. The van der Waals surface area contributed by atoms with Crippen LogP contribution in [0.3, 0.4) is 0 Å². The SMILES string of the molecule is Nc1cc2c(CCl)cc(=O)oc2c2ccccc12. The normalized spacial score (nSPS) is 11.2. The van der Waals surface area contributed by atoms with Crippen molar-refractivity contribution in [3.8, 4) is 0 Å². The van der Waals surface area contributed by atoms with Crippen LogP contribution in [0.2, 0.25) is 0 Å². The van der Waals surface area contributed by atoms with E-state index < -0.39 is 5.63 Å². The second-order valence-electron chi connectivity index (χ2n) is 4.11. The van der Waals surface area contributed by atoms with Gasteiger partial charge in [0.05, 0.1) is 0 Å². The Bertz CT molecular complexity index is 808. The second kappa shape index (κ2) is 4.03. The number of halogens is 1. The van der Waals surface area contributed by atoms with Gasteiger partial charge in [0.25, 0.3) is 0 Å². The molecule has 0 radical (unpaired) electrons. The van der Waals surface area contributed by atoms with Crippen molar-refractivity contribution in [2.75, 3.05) is 5.73 Å². The van der Waals surface area contributed by atoms with E-state index in [1.54, 1.807) is 6.07 Å². The first kappa shape index (κ1) is 11.1. The van der Waals surface area contributed by atoms with Crippen molar-refractivity contribution in [1.29, 1.82) is 0 Å². The van der Waals surface area contributed by atoms with Gasteiger partial charge < -0.3 is 10.2 Å². The summed E-state index contributed by atoms with van der Waals surface area (Å²) in [6.07, 6.45) is 0. The molecule has 0 fully saturated rings. The van der Waals surface area contributed by atoms with E-state index >= 15 is 0 Å². The number of anilines is 1. The Morgan fingerprint density at radius 2 is 1.83 bits per heavy atom. The lowest BCUT2D eigenvalue weighted by molar-refractivity contribution is 0.563. The molecule has 0 amide bonds. The molecule has 0 bridgehead atoms. The minimum absolute atomic E-state index is 0.250. The van der Waals surface area contributed by atoms with Gasteiger partial charge in [-0.3, -0.25) is 0 Å². The minimum atomic E-state index is -0.395. The molecule has 3 aromatic rings. The Balaban J connectivity index is 2.63. The van der Waals surface area contributed by atoms with Crippen molar-refractivity contribution in [1.82, 2.24) is 0 Å². The van der Waals surface area contributed by atoms with E-state index in [4.69, 9.17) is 21.8 Å². The van der Waals surface area contributed by atoms with Crippen molar-refractivity contribution in [2.24, 2.45) is 0 Å². The van der Waals surface area contributed by atoms with Gasteiger partial charge in [-0.15, -0.1) is 11.6 Å². The largest absolute Gasteiger partial charge is 0.422 e. The summed E-state index contributed by atoms with van der Waals surface area (Å²) in [5.74, 6) is 0.250. The van der Waals surface area contributed by atoms with Crippen molar-refractivity contribution in [3.05, 3.63) is 52.4 Å². The van der Waals surface area contributed by atoms with E-state index in [0.29, 0.717) is 11.3 Å². The number of hydrogen-bond acceptors (Lipinski definition) is 3. The fourth-order valence-electron chi connectivity index (χ4n) is 2.19. The molecule has 0 saturated heterocycles. The molecule has 0 saturated carbocycles. The van der Waals surface area contributed by atoms with Gasteiger partial charge in [0.15, 0.2) is 0 Å². The highest BCUT2D eigenvalue weighted by Gasteiger charge is 2.10. The van der Waals surface area contributed by atoms with E-state index in [1.165, 1.54) is 6.07 Å². The molecular weight excluding hydrogens is 250 g/mol. The summed E-state index contributed by atoms with van der Waals surface area (Å²) in [5.41, 5.74) is 7.56. The van der Waals surface area contributed by atoms with Crippen LogP contribution in [0.5, 0.6) is 0 Å². The van der Waals surface area contributed by atoms with Gasteiger partial charge in [-0.1, -0.05) is 24.3 Å². The van der Waals surface area contributed by atoms with E-state index in [1.807, 2.05) is 24.3 Å². The molecule has 90 valence electrons. The number of nitrogen functional groups attached to an aromatic ring is 1. The molecule has 3 nitrogen and oxygen atoms in total. The zero-order valence-corrected chi connectivity index (χ0v) is 10.2. The van der Waals surface area contributed by atoms with Crippen molar-refractivity contribution in [3.63, 3.8) is 0 Å². The van der Waals surface area contributed by atoms with Gasteiger partial charge >= 0.3 is 5.63 Å². The molecule has 0 unspecified atom stereocenters. The van der Waals surface area contributed by atoms with Crippen molar-refractivity contribution in [2.45, 2.75) is 5.88 Å². The van der Waals surface area contributed by atoms with Crippen LogP contribution in [0.4, 0.5) is 5.69 Å². The standard InChI is InChI=1S/C14H10ClNO2/c15-7-8-5-13(17)18-14-10-4-2-1-3-9(10)12(16)6-11(8)14/h1-6H,7,16H2. The van der Waals surface area contributed by atoms with Crippen LogP contribution >= 0.6 is 11.6 Å². The van der Waals surface area contributed by atoms with E-state index in [9.17, 15) is 4.79 Å². The molecule has 0 aliphatic carbocycles. The molecule has 4 heteroatoms. The van der Waals surface area contributed by atoms with Crippen LogP contribution in [0.25, 0.3) is 21.7 Å². The predicted octanol–water partition coefficient (Wildman–Crippen LogP) is 3.27. The maximum Gasteiger partial charge on any atom is 0.336 e. The quantitative estimate of drug-likeness (QED) is 0.316. The van der Waals surface area contributed by atoms with Crippen LogP contribution in [-0.4, -0.2) is 0 Å². The van der Waals surface area contributed by atoms with E-state index in [-0.39, 0.29) is 5.88 Å². The van der Waals surface area contributed by atoms with Crippen molar-refractivity contribution < 1.29 is 4.42 Å². The maximum atomic E-state index is 11.5. The summed E-state index contributed by atoms with van der Waals surface area (Å²) in [5, 5.41) is 2.50. The zero-order chi connectivity index (χ0) is 12.7. The summed E-state index contributed by atoms with van der Waals surface area (Å²) in [7, 11) is 0. The number of fused-ring (bicyclic) bond motifs is 3.